The van der Waals surface area contributed by atoms with E-state index in [4.69, 9.17) is 9.05 Å². The molecule has 8 nitrogen and oxygen atoms in total. The van der Waals surface area contributed by atoms with E-state index in [1.54, 1.807) is 6.08 Å². The van der Waals surface area contributed by atoms with Crippen LogP contribution in [0.4, 0.5) is 0 Å². The third-order valence-corrected chi connectivity index (χ3v) is 13.4. The minimum atomic E-state index is -4.36. The SMILES string of the molecule is CCCCC/C=C\C/C=C\CCCCCCCC(=O)NC(COP(=O)(O)OCC[N+](C)(C)C)C(O)/C=C/CC/C=C/CC/C=C/CCCCCCCCCCCCCCCCCCCCCC. The summed E-state index contributed by atoms with van der Waals surface area (Å²) in [5.74, 6) is -0.205. The number of quaternary nitrogens is 1. The smallest absolute Gasteiger partial charge is 0.387 e. The molecule has 0 aromatic rings. The van der Waals surface area contributed by atoms with Crippen molar-refractivity contribution in [2.75, 3.05) is 40.9 Å². The van der Waals surface area contributed by atoms with Crippen molar-refractivity contribution >= 4 is 13.7 Å². The van der Waals surface area contributed by atoms with Gasteiger partial charge in [0.25, 0.3) is 0 Å². The van der Waals surface area contributed by atoms with E-state index >= 15 is 0 Å². The van der Waals surface area contributed by atoms with Crippen molar-refractivity contribution < 1.29 is 32.9 Å². The number of unbranched alkanes of at least 4 members (excludes halogenated alkanes) is 30. The highest BCUT2D eigenvalue weighted by Gasteiger charge is 2.27. The van der Waals surface area contributed by atoms with Crippen molar-refractivity contribution in [1.29, 1.82) is 0 Å². The summed E-state index contributed by atoms with van der Waals surface area (Å²) in [6.45, 7) is 4.76. The van der Waals surface area contributed by atoms with Gasteiger partial charge in [-0.05, 0) is 77.0 Å². The topological polar surface area (TPSA) is 105 Å². The van der Waals surface area contributed by atoms with E-state index in [9.17, 15) is 19.4 Å². The van der Waals surface area contributed by atoms with Crippen molar-refractivity contribution in [3.8, 4) is 0 Å². The number of phosphoric ester groups is 1. The van der Waals surface area contributed by atoms with Gasteiger partial charge < -0.3 is 19.8 Å². The van der Waals surface area contributed by atoms with Crippen LogP contribution in [0.25, 0.3) is 0 Å². The van der Waals surface area contributed by atoms with Gasteiger partial charge in [0.1, 0.15) is 13.2 Å². The van der Waals surface area contributed by atoms with E-state index in [1.165, 1.54) is 161 Å². The molecule has 67 heavy (non-hydrogen) atoms. The predicted molar refractivity (Wildman–Crippen MR) is 290 cm³/mol. The van der Waals surface area contributed by atoms with Crippen molar-refractivity contribution in [1.82, 2.24) is 5.32 Å². The molecule has 0 aromatic heterocycles. The van der Waals surface area contributed by atoms with E-state index in [-0.39, 0.29) is 19.1 Å². The number of aliphatic hydroxyl groups excluding tert-OH is 1. The fraction of sp³-hybridized carbons (Fsp3) is 0.810. The lowest BCUT2D eigenvalue weighted by molar-refractivity contribution is -0.870. The van der Waals surface area contributed by atoms with Gasteiger partial charge in [-0.3, -0.25) is 13.8 Å². The van der Waals surface area contributed by atoms with Crippen LogP contribution in [-0.4, -0.2) is 73.4 Å². The van der Waals surface area contributed by atoms with E-state index < -0.39 is 20.0 Å². The average Bonchev–Trinajstić information content (AvgIpc) is 3.29. The van der Waals surface area contributed by atoms with Gasteiger partial charge in [0.2, 0.25) is 5.91 Å². The van der Waals surface area contributed by atoms with Crippen LogP contribution >= 0.6 is 7.82 Å². The van der Waals surface area contributed by atoms with E-state index in [0.717, 1.165) is 70.6 Å². The Morgan fingerprint density at radius 3 is 1.31 bits per heavy atom. The molecular weight excluding hydrogens is 852 g/mol. The average molecular weight is 962 g/mol. The first-order valence-corrected chi connectivity index (χ1v) is 29.7. The molecule has 0 radical (unpaired) electrons. The van der Waals surface area contributed by atoms with E-state index in [2.05, 4.69) is 67.8 Å². The second-order valence-corrected chi connectivity index (χ2v) is 21.7. The van der Waals surface area contributed by atoms with Crippen LogP contribution in [0, 0.1) is 0 Å². The molecule has 0 fully saturated rings. The van der Waals surface area contributed by atoms with Crippen LogP contribution in [-0.2, 0) is 18.4 Å². The van der Waals surface area contributed by atoms with Crippen LogP contribution in [0.5, 0.6) is 0 Å². The Morgan fingerprint density at radius 1 is 0.507 bits per heavy atom. The Hall–Kier alpha value is -1.80. The largest absolute Gasteiger partial charge is 0.472 e. The number of rotatable bonds is 51. The molecule has 0 aromatic carbocycles. The fourth-order valence-electron chi connectivity index (χ4n) is 7.99. The summed E-state index contributed by atoms with van der Waals surface area (Å²) < 4.78 is 23.6. The summed E-state index contributed by atoms with van der Waals surface area (Å²) in [6, 6.07) is -0.879. The third-order valence-electron chi connectivity index (χ3n) is 12.4. The summed E-state index contributed by atoms with van der Waals surface area (Å²) in [4.78, 5) is 23.2. The number of carbonyl (C=O) groups is 1. The maximum atomic E-state index is 12.9. The third kappa shape index (κ3) is 51.9. The number of hydrogen-bond donors (Lipinski definition) is 3. The van der Waals surface area contributed by atoms with Gasteiger partial charge in [-0.25, -0.2) is 4.57 Å². The van der Waals surface area contributed by atoms with Crippen molar-refractivity contribution in [2.45, 2.75) is 264 Å². The highest BCUT2D eigenvalue weighted by atomic mass is 31.2. The Kier molecular flexibility index (Phi) is 47.9. The second kappa shape index (κ2) is 49.2. The van der Waals surface area contributed by atoms with Crippen LogP contribution in [0.1, 0.15) is 251 Å². The van der Waals surface area contributed by atoms with Crippen molar-refractivity contribution in [2.24, 2.45) is 0 Å². The zero-order valence-electron chi connectivity index (χ0n) is 44.6. The van der Waals surface area contributed by atoms with Gasteiger partial charge in [0.05, 0.1) is 39.9 Å². The summed E-state index contributed by atoms with van der Waals surface area (Å²) in [7, 11) is 1.53. The minimum Gasteiger partial charge on any atom is -0.387 e. The lowest BCUT2D eigenvalue weighted by Gasteiger charge is -2.25. The van der Waals surface area contributed by atoms with Gasteiger partial charge in [-0.2, -0.15) is 0 Å². The summed E-state index contributed by atoms with van der Waals surface area (Å²) >= 11 is 0. The van der Waals surface area contributed by atoms with Gasteiger partial charge in [-0.1, -0.05) is 229 Å². The van der Waals surface area contributed by atoms with Gasteiger partial charge in [-0.15, -0.1) is 0 Å². The van der Waals surface area contributed by atoms with Crippen LogP contribution in [0.2, 0.25) is 0 Å². The Balaban J connectivity index is 4.24. The highest BCUT2D eigenvalue weighted by Crippen LogP contribution is 2.43. The minimum absolute atomic E-state index is 0.0487. The first-order chi connectivity index (χ1) is 32.5. The quantitative estimate of drug-likeness (QED) is 0.0243. The molecule has 3 atom stereocenters. The highest BCUT2D eigenvalue weighted by molar-refractivity contribution is 7.47. The van der Waals surface area contributed by atoms with Crippen LogP contribution in [0.3, 0.4) is 0 Å². The fourth-order valence-corrected chi connectivity index (χ4v) is 8.72. The number of carbonyl (C=O) groups excluding carboxylic acids is 1. The molecule has 0 bridgehead atoms. The standard InChI is InChI=1S/C58H109N2O6P/c1-6-8-10-12-14-16-18-20-22-23-24-25-26-27-28-29-30-31-32-33-34-35-36-38-39-41-43-45-47-49-51-57(61)56(55-66-67(63,64)65-54-53-60(3,4)5)59-58(62)52-50-48-46-44-42-40-37-21-19-17-15-13-11-9-7-2/h15,17,21,35-37,41,43,49,51,56-57,61H,6-14,16,18-20,22-34,38-40,42,44-48,50,52-55H2,1-5H3,(H-,59,62,63,64)/p+1/b17-15-,36-35+,37-21-,43-41+,51-49+. The van der Waals surface area contributed by atoms with Crippen LogP contribution in [0.15, 0.2) is 60.8 Å². The molecule has 3 N–H and O–H groups in total. The molecule has 3 unspecified atom stereocenters. The van der Waals surface area contributed by atoms with Crippen LogP contribution < -0.4 is 5.32 Å². The molecule has 392 valence electrons. The monoisotopic (exact) mass is 962 g/mol. The summed E-state index contributed by atoms with van der Waals surface area (Å²) in [5, 5.41) is 13.9. The number of hydrogen-bond acceptors (Lipinski definition) is 5. The molecular formula is C58H110N2O6P+. The molecule has 1 amide bonds. The zero-order valence-corrected chi connectivity index (χ0v) is 45.5. The number of amides is 1. The number of likely N-dealkylation sites (N-methyl/N-ethyl adjacent to an activating group) is 1. The van der Waals surface area contributed by atoms with E-state index in [1.807, 2.05) is 27.2 Å². The molecule has 9 heteroatoms. The Morgan fingerprint density at radius 2 is 0.866 bits per heavy atom. The molecule has 0 aliphatic heterocycles. The first kappa shape index (κ1) is 65.2. The molecule has 0 heterocycles. The lowest BCUT2D eigenvalue weighted by Crippen LogP contribution is -2.45. The number of allylic oxidation sites excluding steroid dienone is 9. The number of phosphoric acid groups is 1. The Bertz CT molecular complexity index is 1270. The maximum Gasteiger partial charge on any atom is 0.472 e. The summed E-state index contributed by atoms with van der Waals surface area (Å²) in [5.41, 5.74) is 0. The molecule has 0 saturated heterocycles. The maximum absolute atomic E-state index is 12.9. The molecule has 0 rings (SSSR count). The lowest BCUT2D eigenvalue weighted by atomic mass is 10.0. The zero-order chi connectivity index (χ0) is 49.2. The number of nitrogens with zero attached hydrogens (tertiary/aromatic N) is 1. The van der Waals surface area contributed by atoms with Gasteiger partial charge in [0, 0.05) is 6.42 Å². The molecule has 0 spiro atoms. The van der Waals surface area contributed by atoms with E-state index in [0.29, 0.717) is 17.4 Å². The summed E-state index contributed by atoms with van der Waals surface area (Å²) in [6.07, 6.45) is 66.2. The predicted octanol–water partition coefficient (Wildman–Crippen LogP) is 16.9. The molecule has 0 aliphatic rings. The molecule has 0 aliphatic carbocycles. The first-order valence-electron chi connectivity index (χ1n) is 28.2. The normalized spacial score (nSPS) is 14.4. The van der Waals surface area contributed by atoms with Gasteiger partial charge in [0.15, 0.2) is 0 Å². The van der Waals surface area contributed by atoms with Gasteiger partial charge >= 0.3 is 7.82 Å². The van der Waals surface area contributed by atoms with Crippen molar-refractivity contribution in [3.05, 3.63) is 60.8 Å². The van der Waals surface area contributed by atoms with Crippen molar-refractivity contribution in [3.63, 3.8) is 0 Å². The Labute approximate surface area is 415 Å². The molecule has 0 saturated carbocycles. The number of nitrogens with one attached hydrogen (secondary N) is 1. The number of aliphatic hydroxyl groups is 1. The second-order valence-electron chi connectivity index (χ2n) is 20.3.